The number of anilines is 1. The Morgan fingerprint density at radius 2 is 2.06 bits per heavy atom. The van der Waals surface area contributed by atoms with Gasteiger partial charge in [-0.3, -0.25) is 9.11 Å². The number of hydrogen-bond acceptors (Lipinski definition) is 3. The predicted molar refractivity (Wildman–Crippen MR) is 71.7 cm³/mol. The van der Waals surface area contributed by atoms with Gasteiger partial charge in [0.15, 0.2) is 0 Å². The highest BCUT2D eigenvalue weighted by Crippen LogP contribution is 2.21. The highest BCUT2D eigenvalue weighted by Gasteiger charge is 2.16. The highest BCUT2D eigenvalue weighted by atomic mass is 79.9. The summed E-state index contributed by atoms with van der Waals surface area (Å²) < 4.78 is 12.3. The molecular weight excluding hydrogens is 288 g/mol. The van der Waals surface area contributed by atoms with E-state index in [-0.39, 0.29) is 0 Å². The third-order valence-corrected chi connectivity index (χ3v) is 4.78. The first-order chi connectivity index (χ1) is 7.65. The van der Waals surface area contributed by atoms with Gasteiger partial charge in [-0.05, 0) is 23.8 Å². The molecule has 0 amide bonds. The minimum Gasteiger partial charge on any atom is -0.399 e. The van der Waals surface area contributed by atoms with Crippen molar-refractivity contribution in [1.82, 2.24) is 4.90 Å². The van der Waals surface area contributed by atoms with Gasteiger partial charge in [-0.1, -0.05) is 15.9 Å². The molecule has 0 unspecified atom stereocenters. The van der Waals surface area contributed by atoms with Gasteiger partial charge in [0.1, 0.15) is 0 Å². The maximum absolute atomic E-state index is 11.2. The molecule has 0 aliphatic carbocycles. The van der Waals surface area contributed by atoms with E-state index in [1.54, 1.807) is 0 Å². The quantitative estimate of drug-likeness (QED) is 0.844. The van der Waals surface area contributed by atoms with Crippen LogP contribution in [0.25, 0.3) is 0 Å². The van der Waals surface area contributed by atoms with Crippen LogP contribution in [0.1, 0.15) is 5.56 Å². The molecule has 0 saturated carbocycles. The molecule has 2 rings (SSSR count). The van der Waals surface area contributed by atoms with Crippen molar-refractivity contribution < 1.29 is 4.21 Å². The molecule has 1 aliphatic rings. The van der Waals surface area contributed by atoms with Gasteiger partial charge < -0.3 is 5.73 Å². The standard InChI is InChI=1S/C11H15BrN2OS/c12-11-2-1-10(13)7-9(11)8-14-3-5-16(15)6-4-14/h1-2,7H,3-6,8,13H2. The van der Waals surface area contributed by atoms with E-state index in [0.29, 0.717) is 0 Å². The molecule has 1 aliphatic heterocycles. The van der Waals surface area contributed by atoms with Crippen LogP contribution in [0, 0.1) is 0 Å². The van der Waals surface area contributed by atoms with E-state index in [0.717, 1.165) is 41.3 Å². The van der Waals surface area contributed by atoms with Gasteiger partial charge in [0, 0.05) is 52.1 Å². The van der Waals surface area contributed by atoms with E-state index >= 15 is 0 Å². The fourth-order valence-corrected chi connectivity index (χ4v) is 3.29. The Bertz CT molecular complexity index is 401. The van der Waals surface area contributed by atoms with Gasteiger partial charge in [-0.15, -0.1) is 0 Å². The summed E-state index contributed by atoms with van der Waals surface area (Å²) in [5, 5.41) is 0. The summed E-state index contributed by atoms with van der Waals surface area (Å²) in [5.74, 6) is 1.58. The first-order valence-corrected chi connectivity index (χ1v) is 7.54. The predicted octanol–water partition coefficient (Wildman–Crippen LogP) is 1.60. The smallest absolute Gasteiger partial charge is 0.0363 e. The van der Waals surface area contributed by atoms with Crippen LogP contribution in [-0.4, -0.2) is 33.7 Å². The van der Waals surface area contributed by atoms with Gasteiger partial charge in [0.2, 0.25) is 0 Å². The summed E-state index contributed by atoms with van der Waals surface area (Å²) in [6.45, 7) is 2.70. The van der Waals surface area contributed by atoms with Crippen molar-refractivity contribution in [3.05, 3.63) is 28.2 Å². The maximum Gasteiger partial charge on any atom is 0.0363 e. The van der Waals surface area contributed by atoms with Crippen molar-refractivity contribution in [2.24, 2.45) is 0 Å². The second-order valence-electron chi connectivity index (χ2n) is 3.98. The Balaban J connectivity index is 2.03. The molecule has 0 aromatic heterocycles. The molecule has 1 saturated heterocycles. The molecule has 16 heavy (non-hydrogen) atoms. The van der Waals surface area contributed by atoms with Crippen molar-refractivity contribution in [1.29, 1.82) is 0 Å². The van der Waals surface area contributed by atoms with E-state index < -0.39 is 10.8 Å². The number of rotatable bonds is 2. The third-order valence-electron chi connectivity index (χ3n) is 2.73. The van der Waals surface area contributed by atoms with Gasteiger partial charge in [-0.2, -0.15) is 0 Å². The Labute approximate surface area is 107 Å². The zero-order valence-electron chi connectivity index (χ0n) is 8.99. The largest absolute Gasteiger partial charge is 0.399 e. The number of halogens is 1. The van der Waals surface area contributed by atoms with Crippen LogP contribution in [-0.2, 0) is 17.3 Å². The number of nitrogens with two attached hydrogens (primary N) is 1. The molecule has 1 fully saturated rings. The van der Waals surface area contributed by atoms with Crippen molar-refractivity contribution in [2.45, 2.75) is 6.54 Å². The van der Waals surface area contributed by atoms with Crippen LogP contribution in [0.5, 0.6) is 0 Å². The zero-order valence-corrected chi connectivity index (χ0v) is 11.4. The second-order valence-corrected chi connectivity index (χ2v) is 6.53. The lowest BCUT2D eigenvalue weighted by atomic mass is 10.2. The first-order valence-electron chi connectivity index (χ1n) is 5.26. The van der Waals surface area contributed by atoms with E-state index in [9.17, 15) is 4.21 Å². The molecule has 1 aromatic carbocycles. The van der Waals surface area contributed by atoms with Gasteiger partial charge in [0.25, 0.3) is 0 Å². The Hall–Kier alpha value is -0.390. The van der Waals surface area contributed by atoms with E-state index in [1.165, 1.54) is 5.56 Å². The van der Waals surface area contributed by atoms with Crippen molar-refractivity contribution in [3.63, 3.8) is 0 Å². The minimum atomic E-state index is -0.607. The summed E-state index contributed by atoms with van der Waals surface area (Å²) in [6.07, 6.45) is 0. The van der Waals surface area contributed by atoms with Crippen LogP contribution in [0.2, 0.25) is 0 Å². The zero-order chi connectivity index (χ0) is 11.5. The summed E-state index contributed by atoms with van der Waals surface area (Å²) in [4.78, 5) is 2.32. The summed E-state index contributed by atoms with van der Waals surface area (Å²) >= 11 is 3.53. The van der Waals surface area contributed by atoms with Crippen molar-refractivity contribution >= 4 is 32.4 Å². The summed E-state index contributed by atoms with van der Waals surface area (Å²) in [7, 11) is -0.607. The maximum atomic E-state index is 11.2. The third kappa shape index (κ3) is 3.06. The lowest BCUT2D eigenvalue weighted by Crippen LogP contribution is -2.37. The van der Waals surface area contributed by atoms with Crippen LogP contribution in [0.4, 0.5) is 5.69 Å². The molecule has 1 heterocycles. The number of nitrogen functional groups attached to an aromatic ring is 1. The molecule has 0 radical (unpaired) electrons. The first kappa shape index (κ1) is 12.1. The topological polar surface area (TPSA) is 46.3 Å². The molecule has 5 heteroatoms. The van der Waals surface area contributed by atoms with E-state index in [4.69, 9.17) is 5.73 Å². The van der Waals surface area contributed by atoms with Crippen LogP contribution in [0.3, 0.4) is 0 Å². The minimum absolute atomic E-state index is 0.607. The van der Waals surface area contributed by atoms with Crippen LogP contribution < -0.4 is 5.73 Å². The molecule has 2 N–H and O–H groups in total. The molecule has 88 valence electrons. The molecule has 0 atom stereocenters. The Morgan fingerprint density at radius 3 is 2.75 bits per heavy atom. The van der Waals surface area contributed by atoms with Crippen molar-refractivity contribution in [2.75, 3.05) is 30.3 Å². The average Bonchev–Trinajstić information content (AvgIpc) is 2.27. The van der Waals surface area contributed by atoms with E-state index in [1.807, 2.05) is 18.2 Å². The van der Waals surface area contributed by atoms with Crippen LogP contribution in [0.15, 0.2) is 22.7 Å². The number of nitrogens with zero attached hydrogens (tertiary/aromatic N) is 1. The fraction of sp³-hybridized carbons (Fsp3) is 0.455. The number of benzene rings is 1. The lowest BCUT2D eigenvalue weighted by Gasteiger charge is -2.26. The van der Waals surface area contributed by atoms with Gasteiger partial charge in [0.05, 0.1) is 0 Å². The molecule has 1 aromatic rings. The normalized spacial score (nSPS) is 18.8. The lowest BCUT2D eigenvalue weighted by molar-refractivity contribution is 0.291. The molecular formula is C11H15BrN2OS. The summed E-state index contributed by atoms with van der Waals surface area (Å²) in [6, 6.07) is 5.86. The molecule has 3 nitrogen and oxygen atoms in total. The summed E-state index contributed by atoms with van der Waals surface area (Å²) in [5.41, 5.74) is 7.76. The van der Waals surface area contributed by atoms with Gasteiger partial charge in [-0.25, -0.2) is 0 Å². The van der Waals surface area contributed by atoms with E-state index in [2.05, 4.69) is 20.8 Å². The Morgan fingerprint density at radius 1 is 1.38 bits per heavy atom. The Kier molecular flexibility index (Phi) is 4.00. The van der Waals surface area contributed by atoms with Gasteiger partial charge >= 0.3 is 0 Å². The van der Waals surface area contributed by atoms with Crippen LogP contribution >= 0.6 is 15.9 Å². The average molecular weight is 303 g/mol. The monoisotopic (exact) mass is 302 g/mol. The second kappa shape index (κ2) is 5.29. The highest BCUT2D eigenvalue weighted by molar-refractivity contribution is 9.10. The SMILES string of the molecule is Nc1ccc(Br)c(CN2CCS(=O)CC2)c1. The van der Waals surface area contributed by atoms with Crippen molar-refractivity contribution in [3.8, 4) is 0 Å². The molecule has 0 spiro atoms. The fourth-order valence-electron chi connectivity index (χ4n) is 1.79. The molecule has 0 bridgehead atoms. The number of hydrogen-bond donors (Lipinski definition) is 1.